The van der Waals surface area contributed by atoms with Crippen molar-refractivity contribution in [2.24, 2.45) is 0 Å². The van der Waals surface area contributed by atoms with Gasteiger partial charge in [-0.15, -0.1) is 0 Å². The van der Waals surface area contributed by atoms with Gasteiger partial charge in [0.15, 0.2) is 0 Å². The van der Waals surface area contributed by atoms with Crippen LogP contribution < -0.4 is 14.2 Å². The zero-order valence-corrected chi connectivity index (χ0v) is 15.7. The first-order valence-electron chi connectivity index (χ1n) is 7.87. The summed E-state index contributed by atoms with van der Waals surface area (Å²) in [5.41, 5.74) is 0. The highest BCUT2D eigenvalue weighted by Crippen LogP contribution is 2.28. The second kappa shape index (κ2) is 8.72. The highest BCUT2D eigenvalue weighted by Gasteiger charge is 2.20. The third-order valence-electron chi connectivity index (χ3n) is 3.71. The predicted molar refractivity (Wildman–Crippen MR) is 94.5 cm³/mol. The zero-order valence-electron chi connectivity index (χ0n) is 14.9. The lowest BCUT2D eigenvalue weighted by Crippen LogP contribution is -2.37. The molecule has 0 atom stereocenters. The van der Waals surface area contributed by atoms with Crippen LogP contribution in [0, 0.1) is 0 Å². The van der Waals surface area contributed by atoms with Crippen LogP contribution in [0.1, 0.15) is 12.7 Å². The number of rotatable bonds is 9. The van der Waals surface area contributed by atoms with Crippen molar-refractivity contribution >= 4 is 15.9 Å². The molecule has 1 amide bonds. The lowest BCUT2D eigenvalue weighted by atomic mass is 10.3. The topological polar surface area (TPSA) is 98.1 Å². The summed E-state index contributed by atoms with van der Waals surface area (Å²) in [6, 6.07) is 7.92. The minimum Gasteiger partial charge on any atom is -0.497 e. The van der Waals surface area contributed by atoms with Crippen molar-refractivity contribution in [2.45, 2.75) is 18.4 Å². The first kappa shape index (κ1) is 19.8. The smallest absolute Gasteiger partial charge is 0.244 e. The molecule has 1 aromatic carbocycles. The number of sulfonamides is 1. The fourth-order valence-corrected chi connectivity index (χ4v) is 3.50. The molecule has 0 radical (unpaired) electrons. The van der Waals surface area contributed by atoms with Crippen LogP contribution in [-0.2, 0) is 21.4 Å². The Morgan fingerprint density at radius 2 is 2.00 bits per heavy atom. The fraction of sp³-hybridized carbons (Fsp3) is 0.353. The number of amides is 1. The van der Waals surface area contributed by atoms with E-state index in [1.807, 2.05) is 0 Å². The average molecular weight is 382 g/mol. The number of methoxy groups -OCH3 is 2. The minimum absolute atomic E-state index is 0.00112. The summed E-state index contributed by atoms with van der Waals surface area (Å²) in [6.07, 6.45) is 1.52. The summed E-state index contributed by atoms with van der Waals surface area (Å²) in [7, 11) is -0.937. The van der Waals surface area contributed by atoms with Crippen LogP contribution in [0.3, 0.4) is 0 Å². The Morgan fingerprint density at radius 1 is 1.23 bits per heavy atom. The molecule has 26 heavy (non-hydrogen) atoms. The van der Waals surface area contributed by atoms with Gasteiger partial charge in [0.25, 0.3) is 0 Å². The number of ether oxygens (including phenoxy) is 2. The van der Waals surface area contributed by atoms with E-state index in [0.29, 0.717) is 11.5 Å². The summed E-state index contributed by atoms with van der Waals surface area (Å²) < 4.78 is 43.0. The van der Waals surface area contributed by atoms with Gasteiger partial charge in [-0.3, -0.25) is 4.79 Å². The third-order valence-corrected chi connectivity index (χ3v) is 5.21. The second-order valence-corrected chi connectivity index (χ2v) is 7.17. The highest BCUT2D eigenvalue weighted by molar-refractivity contribution is 7.89. The van der Waals surface area contributed by atoms with E-state index < -0.39 is 10.0 Å². The van der Waals surface area contributed by atoms with E-state index in [-0.39, 0.29) is 36.2 Å². The van der Waals surface area contributed by atoms with Gasteiger partial charge >= 0.3 is 0 Å². The van der Waals surface area contributed by atoms with Crippen molar-refractivity contribution in [3.05, 3.63) is 42.4 Å². The molecule has 8 nitrogen and oxygen atoms in total. The normalized spacial score (nSPS) is 11.2. The molecular formula is C17H22N2O6S. The van der Waals surface area contributed by atoms with Gasteiger partial charge in [0.05, 0.1) is 27.0 Å². The Bertz CT molecular complexity index is 833. The monoisotopic (exact) mass is 382 g/mol. The summed E-state index contributed by atoms with van der Waals surface area (Å²) in [4.78, 5) is 13.2. The Balaban J connectivity index is 2.04. The Hall–Kier alpha value is -2.52. The largest absolute Gasteiger partial charge is 0.497 e. The van der Waals surface area contributed by atoms with Gasteiger partial charge in [0.1, 0.15) is 22.2 Å². The van der Waals surface area contributed by atoms with Crippen molar-refractivity contribution in [1.82, 2.24) is 9.62 Å². The second-order valence-electron chi connectivity index (χ2n) is 5.43. The van der Waals surface area contributed by atoms with E-state index in [9.17, 15) is 13.2 Å². The van der Waals surface area contributed by atoms with Gasteiger partial charge in [-0.2, -0.15) is 0 Å². The molecule has 2 rings (SSSR count). The molecule has 0 unspecified atom stereocenters. The van der Waals surface area contributed by atoms with Crippen molar-refractivity contribution in [1.29, 1.82) is 0 Å². The maximum Gasteiger partial charge on any atom is 0.244 e. The van der Waals surface area contributed by atoms with E-state index in [2.05, 4.69) is 4.72 Å². The van der Waals surface area contributed by atoms with Crippen LogP contribution in [0.5, 0.6) is 11.5 Å². The van der Waals surface area contributed by atoms with Crippen LogP contribution in [0.4, 0.5) is 0 Å². The lowest BCUT2D eigenvalue weighted by Gasteiger charge is -2.20. The molecule has 1 aromatic heterocycles. The van der Waals surface area contributed by atoms with Gasteiger partial charge < -0.3 is 18.8 Å². The van der Waals surface area contributed by atoms with Gasteiger partial charge in [0, 0.05) is 26.1 Å². The Labute approximate surface area is 152 Å². The van der Waals surface area contributed by atoms with Gasteiger partial charge in [0.2, 0.25) is 15.9 Å². The first-order valence-corrected chi connectivity index (χ1v) is 9.35. The molecule has 2 aromatic rings. The van der Waals surface area contributed by atoms with Gasteiger partial charge in [-0.25, -0.2) is 13.1 Å². The number of hydrogen-bond acceptors (Lipinski definition) is 6. The summed E-state index contributed by atoms with van der Waals surface area (Å²) in [5, 5.41) is 0. The van der Waals surface area contributed by atoms with Crippen molar-refractivity contribution < 1.29 is 27.1 Å². The maximum absolute atomic E-state index is 12.5. The summed E-state index contributed by atoms with van der Waals surface area (Å²) in [6.45, 7) is 1.95. The number of furan rings is 1. The van der Waals surface area contributed by atoms with Gasteiger partial charge in [-0.1, -0.05) is 0 Å². The molecule has 0 saturated heterocycles. The van der Waals surface area contributed by atoms with E-state index in [1.54, 1.807) is 12.1 Å². The first-order chi connectivity index (χ1) is 12.4. The van der Waals surface area contributed by atoms with Crippen molar-refractivity contribution in [2.75, 3.05) is 27.3 Å². The number of carbonyl (C=O) groups is 1. The highest BCUT2D eigenvalue weighted by atomic mass is 32.2. The SMILES string of the molecule is COc1ccc(S(=O)(=O)NCCN(Cc2ccco2)C(C)=O)c(OC)c1. The molecule has 9 heteroatoms. The van der Waals surface area contributed by atoms with E-state index in [1.165, 1.54) is 50.5 Å². The molecule has 1 N–H and O–H groups in total. The van der Waals surface area contributed by atoms with Crippen molar-refractivity contribution in [3.8, 4) is 11.5 Å². The average Bonchev–Trinajstić information content (AvgIpc) is 3.13. The van der Waals surface area contributed by atoms with Crippen LogP contribution >= 0.6 is 0 Å². The molecule has 0 aliphatic carbocycles. The van der Waals surface area contributed by atoms with Crippen LogP contribution in [0.2, 0.25) is 0 Å². The number of hydrogen-bond donors (Lipinski definition) is 1. The standard InChI is InChI=1S/C17H22N2O6S/c1-13(20)19(12-15-5-4-10-25-15)9-8-18-26(21,22)17-7-6-14(23-2)11-16(17)24-3/h4-7,10-11,18H,8-9,12H2,1-3H3. The van der Waals surface area contributed by atoms with Crippen LogP contribution in [-0.4, -0.2) is 46.5 Å². The fourth-order valence-electron chi connectivity index (χ4n) is 2.33. The third kappa shape index (κ3) is 4.99. The summed E-state index contributed by atoms with van der Waals surface area (Å²) in [5.74, 6) is 1.11. The number of nitrogens with zero attached hydrogens (tertiary/aromatic N) is 1. The quantitative estimate of drug-likeness (QED) is 0.708. The minimum atomic E-state index is -3.80. The molecule has 1 heterocycles. The lowest BCUT2D eigenvalue weighted by molar-refractivity contribution is -0.129. The molecule has 0 aliphatic heterocycles. The van der Waals surface area contributed by atoms with Crippen LogP contribution in [0.25, 0.3) is 0 Å². The van der Waals surface area contributed by atoms with E-state index in [4.69, 9.17) is 13.9 Å². The van der Waals surface area contributed by atoms with Crippen LogP contribution in [0.15, 0.2) is 45.9 Å². The molecule has 0 fully saturated rings. The molecule has 0 spiro atoms. The Morgan fingerprint density at radius 3 is 2.58 bits per heavy atom. The zero-order chi connectivity index (χ0) is 19.2. The number of benzene rings is 1. The molecule has 0 bridgehead atoms. The van der Waals surface area contributed by atoms with Crippen molar-refractivity contribution in [3.63, 3.8) is 0 Å². The molecule has 0 aliphatic rings. The maximum atomic E-state index is 12.5. The molecular weight excluding hydrogens is 360 g/mol. The number of carbonyl (C=O) groups excluding carboxylic acids is 1. The Kier molecular flexibility index (Phi) is 6.64. The number of nitrogens with one attached hydrogen (secondary N) is 1. The molecule has 0 saturated carbocycles. The molecule has 142 valence electrons. The predicted octanol–water partition coefficient (Wildman–Crippen LogP) is 1.62. The van der Waals surface area contributed by atoms with E-state index in [0.717, 1.165) is 0 Å². The van der Waals surface area contributed by atoms with E-state index >= 15 is 0 Å². The summed E-state index contributed by atoms with van der Waals surface area (Å²) >= 11 is 0. The van der Waals surface area contributed by atoms with Gasteiger partial charge in [-0.05, 0) is 24.3 Å².